The zero-order chi connectivity index (χ0) is 21.0. The van der Waals surface area contributed by atoms with Crippen molar-refractivity contribution in [1.29, 1.82) is 0 Å². The quantitative estimate of drug-likeness (QED) is 0.499. The van der Waals surface area contributed by atoms with Gasteiger partial charge in [-0.05, 0) is 18.6 Å². The van der Waals surface area contributed by atoms with E-state index in [2.05, 4.69) is 16.7 Å². The number of benzene rings is 1. The molecule has 0 N–H and O–H groups in total. The minimum atomic E-state index is -4.61. The maximum absolute atomic E-state index is 13.9. The minimum Gasteiger partial charge on any atom is -0.378 e. The molecule has 0 unspecified atom stereocenters. The zero-order valence-corrected chi connectivity index (χ0v) is 16.1. The molecular weight excluding hydrogens is 379 g/mol. The third-order valence-corrected chi connectivity index (χ3v) is 4.23. The number of halogens is 3. The Morgan fingerprint density at radius 2 is 1.97 bits per heavy atom. The van der Waals surface area contributed by atoms with Crippen LogP contribution in [0.4, 0.5) is 13.2 Å². The molecule has 0 spiro atoms. The number of rotatable bonds is 6. The maximum atomic E-state index is 13.9. The predicted molar refractivity (Wildman–Crippen MR) is 107 cm³/mol. The zero-order valence-electron chi connectivity index (χ0n) is 16.1. The van der Waals surface area contributed by atoms with Gasteiger partial charge in [0.2, 0.25) is 0 Å². The molecule has 150 valence electrons. The van der Waals surface area contributed by atoms with Crippen molar-refractivity contribution in [1.82, 2.24) is 14.6 Å². The number of nitrogens with zero attached hydrogens (tertiary/aromatic N) is 3. The molecule has 7 heteroatoms. The number of hydrogen-bond acceptors (Lipinski definition) is 3. The first-order chi connectivity index (χ1) is 13.9. The van der Waals surface area contributed by atoms with E-state index in [-0.39, 0.29) is 17.9 Å². The molecule has 0 aliphatic carbocycles. The maximum Gasteiger partial charge on any atom is 0.433 e. The summed E-state index contributed by atoms with van der Waals surface area (Å²) in [5.74, 6) is 0. The van der Waals surface area contributed by atoms with Crippen LogP contribution in [0.25, 0.3) is 22.5 Å². The van der Waals surface area contributed by atoms with E-state index in [0.717, 1.165) is 10.6 Å². The molecule has 2 aromatic heterocycles. The highest BCUT2D eigenvalue weighted by Gasteiger charge is 2.36. The molecule has 29 heavy (non-hydrogen) atoms. The van der Waals surface area contributed by atoms with E-state index >= 15 is 0 Å². The van der Waals surface area contributed by atoms with E-state index in [0.29, 0.717) is 22.4 Å². The van der Waals surface area contributed by atoms with Crippen molar-refractivity contribution in [3.63, 3.8) is 0 Å². The van der Waals surface area contributed by atoms with Crippen LogP contribution in [0.1, 0.15) is 23.9 Å². The molecular formula is C22H20F3N3O. The van der Waals surface area contributed by atoms with Crippen LogP contribution in [0, 0.1) is 0 Å². The van der Waals surface area contributed by atoms with Crippen LogP contribution in [-0.2, 0) is 17.5 Å². The Kier molecular flexibility index (Phi) is 5.98. The van der Waals surface area contributed by atoms with Gasteiger partial charge in [-0.25, -0.2) is 9.50 Å². The van der Waals surface area contributed by atoms with E-state index in [1.807, 2.05) is 6.92 Å². The lowest BCUT2D eigenvalue weighted by Gasteiger charge is -2.12. The monoisotopic (exact) mass is 399 g/mol. The van der Waals surface area contributed by atoms with E-state index in [1.54, 1.807) is 54.6 Å². The molecule has 2 heterocycles. The van der Waals surface area contributed by atoms with Crippen molar-refractivity contribution < 1.29 is 17.9 Å². The molecule has 0 bridgehead atoms. The van der Waals surface area contributed by atoms with E-state index < -0.39 is 11.9 Å². The van der Waals surface area contributed by atoms with Crippen molar-refractivity contribution in [2.24, 2.45) is 0 Å². The second-order valence-corrected chi connectivity index (χ2v) is 6.24. The van der Waals surface area contributed by atoms with Crippen LogP contribution in [0.3, 0.4) is 0 Å². The Hall–Kier alpha value is -3.19. The summed E-state index contributed by atoms with van der Waals surface area (Å²) in [5, 5.41) is 4.19. The Labute approximate surface area is 166 Å². The van der Waals surface area contributed by atoms with Crippen molar-refractivity contribution in [3.05, 3.63) is 84.2 Å². The molecule has 0 saturated heterocycles. The summed E-state index contributed by atoms with van der Waals surface area (Å²) < 4.78 is 47.6. The van der Waals surface area contributed by atoms with Gasteiger partial charge in [-0.2, -0.15) is 18.3 Å². The van der Waals surface area contributed by atoms with Gasteiger partial charge >= 0.3 is 6.18 Å². The average Bonchev–Trinajstić information content (AvgIpc) is 3.05. The van der Waals surface area contributed by atoms with E-state index in [9.17, 15) is 13.2 Å². The molecule has 3 rings (SSSR count). The summed E-state index contributed by atoms with van der Waals surface area (Å²) >= 11 is 0. The van der Waals surface area contributed by atoms with Crippen LogP contribution >= 0.6 is 0 Å². The normalized spacial score (nSPS) is 12.8. The predicted octanol–water partition coefficient (Wildman–Crippen LogP) is 5.71. The largest absolute Gasteiger partial charge is 0.433 e. The highest BCUT2D eigenvalue weighted by molar-refractivity contribution is 5.85. The molecule has 0 fully saturated rings. The number of ether oxygens (including phenoxy) is 1. The first-order valence-electron chi connectivity index (χ1n) is 8.90. The minimum absolute atomic E-state index is 0.0443. The Morgan fingerprint density at radius 1 is 1.24 bits per heavy atom. The summed E-state index contributed by atoms with van der Waals surface area (Å²) in [6.45, 7) is 5.57. The number of hydrogen-bond donors (Lipinski definition) is 0. The Balaban J connectivity index is 2.44. The molecule has 4 nitrogen and oxygen atoms in total. The lowest BCUT2D eigenvalue weighted by atomic mass is 10.0. The molecule has 0 atom stereocenters. The van der Waals surface area contributed by atoms with Gasteiger partial charge in [0.1, 0.15) is 0 Å². The third kappa shape index (κ3) is 4.14. The van der Waals surface area contributed by atoms with Crippen LogP contribution < -0.4 is 0 Å². The van der Waals surface area contributed by atoms with Crippen molar-refractivity contribution in [2.75, 3.05) is 7.11 Å². The second-order valence-electron chi connectivity index (χ2n) is 6.24. The third-order valence-electron chi connectivity index (χ3n) is 4.23. The molecule has 1 aromatic carbocycles. The molecule has 0 aliphatic heterocycles. The summed E-state index contributed by atoms with van der Waals surface area (Å²) in [6, 6.07) is 9.76. The van der Waals surface area contributed by atoms with Crippen molar-refractivity contribution in [3.8, 4) is 11.3 Å². The van der Waals surface area contributed by atoms with Gasteiger partial charge in [0.25, 0.3) is 0 Å². The Bertz CT molecular complexity index is 1080. The van der Waals surface area contributed by atoms with Crippen LogP contribution in [0.5, 0.6) is 0 Å². The standard InChI is InChI=1S/C22H20F3N3O/c1-4-9-16(10-5-2)20-18(14-29-3)27-28-19(22(23,24)25)13-17(26-21(20)28)15-11-7-6-8-12-15/h4-13H,1,14H2,2-3H3/b10-5-,16-9+. The SMILES string of the molecule is C=C/C=C(\C=C/C)c1c(COC)nn2c(C(F)(F)F)cc(-c3ccccc3)nc12. The number of methoxy groups -OCH3 is 1. The van der Waals surface area contributed by atoms with Gasteiger partial charge in [0.05, 0.1) is 23.6 Å². The van der Waals surface area contributed by atoms with Crippen LogP contribution in [-0.4, -0.2) is 21.7 Å². The van der Waals surface area contributed by atoms with Gasteiger partial charge in [0, 0.05) is 12.7 Å². The summed E-state index contributed by atoms with van der Waals surface area (Å²) in [4.78, 5) is 4.54. The van der Waals surface area contributed by atoms with Crippen molar-refractivity contribution in [2.45, 2.75) is 19.7 Å². The summed E-state index contributed by atoms with van der Waals surface area (Å²) in [6.07, 6.45) is 2.24. The van der Waals surface area contributed by atoms with Gasteiger partial charge in [0.15, 0.2) is 11.3 Å². The highest BCUT2D eigenvalue weighted by atomic mass is 19.4. The Morgan fingerprint density at radius 3 is 2.55 bits per heavy atom. The summed E-state index contributed by atoms with van der Waals surface area (Å²) in [7, 11) is 1.47. The smallest absolute Gasteiger partial charge is 0.378 e. The van der Waals surface area contributed by atoms with Crippen LogP contribution in [0.2, 0.25) is 0 Å². The first kappa shape index (κ1) is 20.5. The summed E-state index contributed by atoms with van der Waals surface area (Å²) in [5.41, 5.74) is 1.50. The second kappa shape index (κ2) is 8.45. The fourth-order valence-corrected chi connectivity index (χ4v) is 3.08. The lowest BCUT2D eigenvalue weighted by molar-refractivity contribution is -0.142. The van der Waals surface area contributed by atoms with Gasteiger partial charge < -0.3 is 4.74 Å². The van der Waals surface area contributed by atoms with E-state index in [1.165, 1.54) is 7.11 Å². The fourth-order valence-electron chi connectivity index (χ4n) is 3.08. The first-order valence-corrected chi connectivity index (χ1v) is 8.90. The lowest BCUT2D eigenvalue weighted by Crippen LogP contribution is -2.14. The number of alkyl halides is 3. The number of allylic oxidation sites excluding steroid dienone is 5. The fraction of sp³-hybridized carbons (Fsp3) is 0.182. The van der Waals surface area contributed by atoms with Gasteiger partial charge in [-0.3, -0.25) is 0 Å². The van der Waals surface area contributed by atoms with Gasteiger partial charge in [-0.15, -0.1) is 0 Å². The van der Waals surface area contributed by atoms with Crippen molar-refractivity contribution >= 4 is 11.2 Å². The molecule has 0 amide bonds. The van der Waals surface area contributed by atoms with Crippen LogP contribution in [0.15, 0.2) is 67.3 Å². The van der Waals surface area contributed by atoms with Gasteiger partial charge in [-0.1, -0.05) is 61.2 Å². The molecule has 0 saturated carbocycles. The van der Waals surface area contributed by atoms with E-state index in [4.69, 9.17) is 4.74 Å². The number of fused-ring (bicyclic) bond motifs is 1. The molecule has 3 aromatic rings. The highest BCUT2D eigenvalue weighted by Crippen LogP contribution is 2.35. The molecule has 0 radical (unpaired) electrons. The topological polar surface area (TPSA) is 39.4 Å². The average molecular weight is 399 g/mol. The molecule has 0 aliphatic rings. The number of aromatic nitrogens is 3.